The van der Waals surface area contributed by atoms with Crippen molar-refractivity contribution in [2.45, 2.75) is 19.2 Å². The Morgan fingerprint density at radius 1 is 1.38 bits per heavy atom. The summed E-state index contributed by atoms with van der Waals surface area (Å²) < 4.78 is 2.09. The number of thiol groups is 1. The number of anilines is 1. The molecule has 0 unspecified atom stereocenters. The molecular weight excluding hydrogens is 222 g/mol. The number of nitrogens with zero attached hydrogens (tertiary/aromatic N) is 4. The highest BCUT2D eigenvalue weighted by Gasteiger charge is 2.14. The Morgan fingerprint density at radius 2 is 2.06 bits per heavy atom. The van der Waals surface area contributed by atoms with Crippen molar-refractivity contribution in [1.29, 1.82) is 0 Å². The molecule has 0 saturated carbocycles. The number of nitrogen functional groups attached to an aromatic ring is 1. The number of imidazole rings is 1. The van der Waals surface area contributed by atoms with Crippen LogP contribution in [-0.4, -0.2) is 32.0 Å². The molecule has 0 aromatic carbocycles. The van der Waals surface area contributed by atoms with E-state index in [0.717, 1.165) is 5.65 Å². The Bertz CT molecular complexity index is 519. The summed E-state index contributed by atoms with van der Waals surface area (Å²) in [5.74, 6) is 1.15. The van der Waals surface area contributed by atoms with Gasteiger partial charge in [-0.3, -0.25) is 0 Å². The van der Waals surface area contributed by atoms with Gasteiger partial charge in [0.1, 0.15) is 11.3 Å². The third kappa shape index (κ3) is 1.73. The van der Waals surface area contributed by atoms with Crippen LogP contribution in [0.5, 0.6) is 0 Å². The van der Waals surface area contributed by atoms with E-state index in [1.54, 1.807) is 0 Å². The molecule has 5 nitrogen and oxygen atoms in total. The van der Waals surface area contributed by atoms with E-state index >= 15 is 0 Å². The minimum Gasteiger partial charge on any atom is -0.382 e. The first kappa shape index (κ1) is 11.2. The van der Waals surface area contributed by atoms with E-state index in [1.165, 1.54) is 0 Å². The maximum Gasteiger partial charge on any atom is 0.166 e. The lowest BCUT2D eigenvalue weighted by atomic mass is 10.4. The van der Waals surface area contributed by atoms with Gasteiger partial charge in [0.05, 0.1) is 11.7 Å². The fraction of sp³-hybridized carbons (Fsp3) is 0.500. The Hall–Kier alpha value is -1.30. The molecule has 2 heterocycles. The van der Waals surface area contributed by atoms with Crippen LogP contribution in [0.1, 0.15) is 18.1 Å². The number of rotatable bonds is 2. The third-order valence-electron chi connectivity index (χ3n) is 2.71. The highest BCUT2D eigenvalue weighted by atomic mass is 32.2. The first-order chi connectivity index (χ1) is 7.50. The molecule has 16 heavy (non-hydrogen) atoms. The lowest BCUT2D eigenvalue weighted by Gasteiger charge is -2.21. The third-order valence-corrected chi connectivity index (χ3v) is 4.45. The Balaban J connectivity index is 2.64. The van der Waals surface area contributed by atoms with Crippen LogP contribution in [0.4, 0.5) is 5.82 Å². The van der Waals surface area contributed by atoms with Crippen LogP contribution in [0.3, 0.4) is 0 Å². The predicted octanol–water partition coefficient (Wildman–Crippen LogP) is 1.50. The molecule has 0 radical (unpaired) electrons. The van der Waals surface area contributed by atoms with Gasteiger partial charge < -0.3 is 10.3 Å². The van der Waals surface area contributed by atoms with E-state index in [-0.39, 0.29) is 10.9 Å². The summed E-state index contributed by atoms with van der Waals surface area (Å²) in [6.07, 6.45) is 6.29. The highest BCUT2D eigenvalue weighted by Crippen LogP contribution is 2.34. The molecule has 2 N–H and O–H groups in total. The van der Waals surface area contributed by atoms with E-state index in [0.29, 0.717) is 22.5 Å². The van der Waals surface area contributed by atoms with Crippen molar-refractivity contribution in [3.63, 3.8) is 0 Å². The van der Waals surface area contributed by atoms with Crippen LogP contribution in [-0.2, 0) is 0 Å². The molecule has 0 saturated heterocycles. The monoisotopic (exact) mass is 239 g/mol. The topological polar surface area (TPSA) is 69.6 Å². The molecule has 0 aliphatic carbocycles. The van der Waals surface area contributed by atoms with Gasteiger partial charge in [-0.2, -0.15) is 0 Å². The van der Waals surface area contributed by atoms with Gasteiger partial charge in [0, 0.05) is 0 Å². The zero-order chi connectivity index (χ0) is 11.9. The lowest BCUT2D eigenvalue weighted by molar-refractivity contribution is 0.749. The standard InChI is InChI=1S/C10H17N5S/c1-6-13-9(11)8-10(14-6)15(5-12-8)7(2)16(3)4/h5,7,16H,1-4H3,(H2,11,13,14)/t7-/m1/s1. The van der Waals surface area contributed by atoms with E-state index in [9.17, 15) is 0 Å². The van der Waals surface area contributed by atoms with Crippen LogP contribution in [0.2, 0.25) is 0 Å². The molecule has 0 aliphatic rings. The van der Waals surface area contributed by atoms with Crippen LogP contribution in [0, 0.1) is 6.92 Å². The van der Waals surface area contributed by atoms with Crippen LogP contribution in [0.25, 0.3) is 11.2 Å². The molecule has 0 bridgehead atoms. The van der Waals surface area contributed by atoms with Crippen LogP contribution >= 0.6 is 10.9 Å². The smallest absolute Gasteiger partial charge is 0.166 e. The zero-order valence-electron chi connectivity index (χ0n) is 9.97. The number of aromatic nitrogens is 4. The second-order valence-corrected chi connectivity index (χ2v) is 6.75. The molecule has 2 aromatic heterocycles. The van der Waals surface area contributed by atoms with Crippen molar-refractivity contribution in [3.05, 3.63) is 12.2 Å². The van der Waals surface area contributed by atoms with Crippen molar-refractivity contribution >= 4 is 27.9 Å². The van der Waals surface area contributed by atoms with Crippen molar-refractivity contribution in [3.8, 4) is 0 Å². The molecule has 88 valence electrons. The molecule has 2 rings (SSSR count). The average Bonchev–Trinajstić information content (AvgIpc) is 2.60. The number of hydrogen-bond acceptors (Lipinski definition) is 4. The van der Waals surface area contributed by atoms with Crippen molar-refractivity contribution < 1.29 is 0 Å². The zero-order valence-corrected chi connectivity index (χ0v) is 10.9. The first-order valence-electron chi connectivity index (χ1n) is 5.13. The van der Waals surface area contributed by atoms with E-state index in [1.807, 2.05) is 13.3 Å². The first-order valence-corrected chi connectivity index (χ1v) is 7.44. The van der Waals surface area contributed by atoms with E-state index in [2.05, 4.69) is 39.0 Å². The SMILES string of the molecule is Cc1nc(N)c2ncn([C@@H](C)[SH](C)C)c2n1. The molecule has 0 aliphatic heterocycles. The lowest BCUT2D eigenvalue weighted by Crippen LogP contribution is -2.06. The Morgan fingerprint density at radius 3 is 2.69 bits per heavy atom. The van der Waals surface area contributed by atoms with Gasteiger partial charge in [-0.1, -0.05) is 0 Å². The van der Waals surface area contributed by atoms with Crippen molar-refractivity contribution in [2.24, 2.45) is 0 Å². The maximum atomic E-state index is 5.82. The maximum absolute atomic E-state index is 5.82. The summed E-state index contributed by atoms with van der Waals surface area (Å²) in [6.45, 7) is 4.03. The van der Waals surface area contributed by atoms with Gasteiger partial charge in [0.15, 0.2) is 11.5 Å². The van der Waals surface area contributed by atoms with Crippen molar-refractivity contribution in [2.75, 3.05) is 18.2 Å². The van der Waals surface area contributed by atoms with Crippen LogP contribution < -0.4 is 5.73 Å². The van der Waals surface area contributed by atoms with E-state index < -0.39 is 0 Å². The summed E-state index contributed by atoms with van der Waals surface area (Å²) in [4.78, 5) is 12.8. The number of fused-ring (bicyclic) bond motifs is 1. The fourth-order valence-electron chi connectivity index (χ4n) is 1.57. The second kappa shape index (κ2) is 3.93. The van der Waals surface area contributed by atoms with Gasteiger partial charge in [0.25, 0.3) is 0 Å². The summed E-state index contributed by atoms with van der Waals surface area (Å²) >= 11 is 0. The molecule has 0 amide bonds. The summed E-state index contributed by atoms with van der Waals surface area (Å²) in [6, 6.07) is 0. The van der Waals surface area contributed by atoms with Gasteiger partial charge in [-0.05, 0) is 26.4 Å². The summed E-state index contributed by atoms with van der Waals surface area (Å²) in [5.41, 5.74) is 7.37. The molecule has 0 spiro atoms. The second-order valence-electron chi connectivity index (χ2n) is 4.08. The minimum atomic E-state index is -0.0830. The van der Waals surface area contributed by atoms with E-state index in [4.69, 9.17) is 5.73 Å². The number of hydrogen-bond donors (Lipinski definition) is 2. The molecule has 0 fully saturated rings. The predicted molar refractivity (Wildman–Crippen MR) is 70.0 cm³/mol. The largest absolute Gasteiger partial charge is 0.382 e. The van der Waals surface area contributed by atoms with Crippen LogP contribution in [0.15, 0.2) is 6.33 Å². The molecule has 6 heteroatoms. The molecule has 1 atom stereocenters. The fourth-order valence-corrected chi connectivity index (χ4v) is 2.24. The van der Waals surface area contributed by atoms with Gasteiger partial charge in [0.2, 0.25) is 0 Å². The summed E-state index contributed by atoms with van der Waals surface area (Å²) in [7, 11) is -0.0830. The number of nitrogens with two attached hydrogens (primary N) is 1. The quantitative estimate of drug-likeness (QED) is 0.779. The molecule has 2 aromatic rings. The average molecular weight is 239 g/mol. The minimum absolute atomic E-state index is 0.0830. The molecular formula is C10H17N5S. The van der Waals surface area contributed by atoms with Gasteiger partial charge in [-0.15, -0.1) is 0 Å². The number of aryl methyl sites for hydroxylation is 1. The normalized spacial score (nSPS) is 14.1. The summed E-state index contributed by atoms with van der Waals surface area (Å²) in [5, 5.41) is 0.411. The Kier molecular flexibility index (Phi) is 2.75. The van der Waals surface area contributed by atoms with Gasteiger partial charge >= 0.3 is 0 Å². The van der Waals surface area contributed by atoms with Gasteiger partial charge in [-0.25, -0.2) is 25.8 Å². The van der Waals surface area contributed by atoms with Crippen molar-refractivity contribution in [1.82, 2.24) is 19.5 Å². The Labute approximate surface area is 97.4 Å². The highest BCUT2D eigenvalue weighted by molar-refractivity contribution is 8.15.